The van der Waals surface area contributed by atoms with Crippen molar-refractivity contribution in [2.24, 2.45) is 0 Å². The van der Waals surface area contributed by atoms with E-state index in [9.17, 15) is 0 Å². The summed E-state index contributed by atoms with van der Waals surface area (Å²) in [7, 11) is 0. The molecule has 0 amide bonds. The Bertz CT molecular complexity index is 123. The monoisotopic (exact) mass is 185 g/mol. The van der Waals surface area contributed by atoms with E-state index < -0.39 is 0 Å². The molecule has 1 saturated heterocycles. The predicted octanol–water partition coefficient (Wildman–Crippen LogP) is 2.33. The Morgan fingerprint density at radius 2 is 2.00 bits per heavy atom. The Labute approximate surface area is 82.0 Å². The van der Waals surface area contributed by atoms with E-state index in [0.29, 0.717) is 6.04 Å². The van der Waals surface area contributed by atoms with Crippen LogP contribution in [0.2, 0.25) is 0 Å². The van der Waals surface area contributed by atoms with Crippen molar-refractivity contribution in [1.29, 1.82) is 0 Å². The molecule has 0 saturated carbocycles. The second kappa shape index (κ2) is 6.39. The first-order chi connectivity index (χ1) is 6.36. The fraction of sp³-hybridized carbons (Fsp3) is 1.00. The minimum absolute atomic E-state index is 0.647. The first-order valence-corrected chi connectivity index (χ1v) is 5.70. The molecule has 1 N–H and O–H groups in total. The van der Waals surface area contributed by atoms with Gasteiger partial charge in [0.05, 0.1) is 19.3 Å². The molecule has 1 aliphatic heterocycles. The predicted molar refractivity (Wildman–Crippen MR) is 56.0 cm³/mol. The Morgan fingerprint density at radius 3 is 2.46 bits per heavy atom. The number of rotatable bonds is 7. The number of hydrogen-bond donors (Lipinski definition) is 1. The summed E-state index contributed by atoms with van der Waals surface area (Å²) in [6, 6.07) is 1.38. The maximum absolute atomic E-state index is 5.16. The maximum atomic E-state index is 5.16. The van der Waals surface area contributed by atoms with E-state index in [1.165, 1.54) is 32.1 Å². The van der Waals surface area contributed by atoms with Gasteiger partial charge in [-0.3, -0.25) is 0 Å². The highest BCUT2D eigenvalue weighted by atomic mass is 16.5. The molecule has 1 rings (SSSR count). The van der Waals surface area contributed by atoms with Gasteiger partial charge in [0.15, 0.2) is 0 Å². The molecule has 0 spiro atoms. The zero-order chi connectivity index (χ0) is 9.52. The molecule has 2 heteroatoms. The summed E-state index contributed by atoms with van der Waals surface area (Å²) < 4.78 is 5.16. The minimum atomic E-state index is 0.647. The van der Waals surface area contributed by atoms with Crippen molar-refractivity contribution in [3.63, 3.8) is 0 Å². The van der Waals surface area contributed by atoms with E-state index in [4.69, 9.17) is 4.74 Å². The summed E-state index contributed by atoms with van der Waals surface area (Å²) in [5.41, 5.74) is 0. The summed E-state index contributed by atoms with van der Waals surface area (Å²) in [5, 5.41) is 3.66. The van der Waals surface area contributed by atoms with Crippen molar-refractivity contribution in [2.75, 3.05) is 13.2 Å². The third kappa shape index (κ3) is 4.10. The molecule has 0 aromatic rings. The zero-order valence-electron chi connectivity index (χ0n) is 9.01. The molecule has 1 aliphatic rings. The summed E-state index contributed by atoms with van der Waals surface area (Å²) in [4.78, 5) is 0. The summed E-state index contributed by atoms with van der Waals surface area (Å²) >= 11 is 0. The Kier molecular flexibility index (Phi) is 5.40. The van der Waals surface area contributed by atoms with Crippen LogP contribution in [-0.4, -0.2) is 25.3 Å². The second-order valence-corrected chi connectivity index (χ2v) is 4.03. The molecule has 0 bridgehead atoms. The second-order valence-electron chi connectivity index (χ2n) is 4.03. The quantitative estimate of drug-likeness (QED) is 0.657. The van der Waals surface area contributed by atoms with Gasteiger partial charge in [-0.15, -0.1) is 0 Å². The lowest BCUT2D eigenvalue weighted by atomic mass is 10.0. The SMILES string of the molecule is CCCCC(CCC)NC1COC1. The Morgan fingerprint density at radius 1 is 1.23 bits per heavy atom. The van der Waals surface area contributed by atoms with Crippen molar-refractivity contribution in [3.05, 3.63) is 0 Å². The van der Waals surface area contributed by atoms with Crippen molar-refractivity contribution in [1.82, 2.24) is 5.32 Å². The maximum Gasteiger partial charge on any atom is 0.0643 e. The van der Waals surface area contributed by atoms with Crippen LogP contribution in [0.3, 0.4) is 0 Å². The summed E-state index contributed by atoms with van der Waals surface area (Å²) in [5.74, 6) is 0. The fourth-order valence-electron chi connectivity index (χ4n) is 1.78. The van der Waals surface area contributed by atoms with Gasteiger partial charge in [-0.1, -0.05) is 33.1 Å². The van der Waals surface area contributed by atoms with E-state index in [0.717, 1.165) is 19.3 Å². The first-order valence-electron chi connectivity index (χ1n) is 5.70. The van der Waals surface area contributed by atoms with Crippen LogP contribution in [-0.2, 0) is 4.74 Å². The van der Waals surface area contributed by atoms with Crippen molar-refractivity contribution in [2.45, 2.75) is 58.0 Å². The average molecular weight is 185 g/mol. The van der Waals surface area contributed by atoms with Crippen LogP contribution in [0, 0.1) is 0 Å². The topological polar surface area (TPSA) is 21.3 Å². The Balaban J connectivity index is 2.11. The van der Waals surface area contributed by atoms with Gasteiger partial charge in [0, 0.05) is 6.04 Å². The van der Waals surface area contributed by atoms with E-state index in [-0.39, 0.29) is 0 Å². The standard InChI is InChI=1S/C11H23NO/c1-3-5-7-10(6-4-2)12-11-8-13-9-11/h10-12H,3-9H2,1-2H3. The van der Waals surface area contributed by atoms with Gasteiger partial charge in [-0.05, 0) is 12.8 Å². The number of unbranched alkanes of at least 4 members (excludes halogenated alkanes) is 1. The van der Waals surface area contributed by atoms with E-state index >= 15 is 0 Å². The van der Waals surface area contributed by atoms with Crippen LogP contribution >= 0.6 is 0 Å². The van der Waals surface area contributed by atoms with Crippen LogP contribution in [0.15, 0.2) is 0 Å². The van der Waals surface area contributed by atoms with Gasteiger partial charge in [0.1, 0.15) is 0 Å². The van der Waals surface area contributed by atoms with Crippen LogP contribution in [0.25, 0.3) is 0 Å². The molecule has 0 aromatic carbocycles. The molecular formula is C11H23NO. The molecular weight excluding hydrogens is 162 g/mol. The molecule has 0 aromatic heterocycles. The normalized spacial score (nSPS) is 19.8. The van der Waals surface area contributed by atoms with Crippen molar-refractivity contribution in [3.8, 4) is 0 Å². The first kappa shape index (κ1) is 11.0. The van der Waals surface area contributed by atoms with Gasteiger partial charge >= 0.3 is 0 Å². The largest absolute Gasteiger partial charge is 0.378 e. The summed E-state index contributed by atoms with van der Waals surface area (Å²) in [6.07, 6.45) is 6.60. The van der Waals surface area contributed by atoms with E-state index in [1.54, 1.807) is 0 Å². The molecule has 13 heavy (non-hydrogen) atoms. The average Bonchev–Trinajstić information content (AvgIpc) is 2.07. The van der Waals surface area contributed by atoms with Gasteiger partial charge in [-0.2, -0.15) is 0 Å². The van der Waals surface area contributed by atoms with Crippen LogP contribution in [0.5, 0.6) is 0 Å². The fourth-order valence-corrected chi connectivity index (χ4v) is 1.78. The molecule has 1 atom stereocenters. The third-order valence-electron chi connectivity index (χ3n) is 2.65. The number of nitrogens with one attached hydrogen (secondary N) is 1. The number of ether oxygens (including phenoxy) is 1. The molecule has 0 aliphatic carbocycles. The van der Waals surface area contributed by atoms with Crippen molar-refractivity contribution >= 4 is 0 Å². The van der Waals surface area contributed by atoms with E-state index in [1.807, 2.05) is 0 Å². The molecule has 1 heterocycles. The molecule has 2 nitrogen and oxygen atoms in total. The van der Waals surface area contributed by atoms with Crippen LogP contribution in [0.1, 0.15) is 46.0 Å². The van der Waals surface area contributed by atoms with Gasteiger partial charge in [-0.25, -0.2) is 0 Å². The zero-order valence-corrected chi connectivity index (χ0v) is 9.01. The smallest absolute Gasteiger partial charge is 0.0643 e. The van der Waals surface area contributed by atoms with Crippen molar-refractivity contribution < 1.29 is 4.74 Å². The highest BCUT2D eigenvalue weighted by Gasteiger charge is 2.20. The lowest BCUT2D eigenvalue weighted by Gasteiger charge is -2.31. The lowest BCUT2D eigenvalue weighted by Crippen LogP contribution is -2.50. The van der Waals surface area contributed by atoms with Gasteiger partial charge < -0.3 is 10.1 Å². The molecule has 1 unspecified atom stereocenters. The minimum Gasteiger partial charge on any atom is -0.378 e. The van der Waals surface area contributed by atoms with Crippen LogP contribution < -0.4 is 5.32 Å². The van der Waals surface area contributed by atoms with Crippen LogP contribution in [0.4, 0.5) is 0 Å². The third-order valence-corrected chi connectivity index (χ3v) is 2.65. The highest BCUT2D eigenvalue weighted by molar-refractivity contribution is 4.78. The highest BCUT2D eigenvalue weighted by Crippen LogP contribution is 2.10. The lowest BCUT2D eigenvalue weighted by molar-refractivity contribution is -0.0110. The Hall–Kier alpha value is -0.0800. The number of hydrogen-bond acceptors (Lipinski definition) is 2. The van der Waals surface area contributed by atoms with Gasteiger partial charge in [0.25, 0.3) is 0 Å². The molecule has 1 fully saturated rings. The summed E-state index contributed by atoms with van der Waals surface area (Å²) in [6.45, 7) is 6.37. The molecule has 78 valence electrons. The van der Waals surface area contributed by atoms with E-state index in [2.05, 4.69) is 19.2 Å². The molecule has 0 radical (unpaired) electrons. The van der Waals surface area contributed by atoms with Gasteiger partial charge in [0.2, 0.25) is 0 Å².